The molecule has 10 nitrogen and oxygen atoms in total. The van der Waals surface area contributed by atoms with Gasteiger partial charge in [-0.3, -0.25) is 9.97 Å². The highest BCUT2D eigenvalue weighted by Gasteiger charge is 2.28. The summed E-state index contributed by atoms with van der Waals surface area (Å²) in [6, 6.07) is 20.9. The molecule has 1 saturated carbocycles. The molecule has 6 rings (SSSR count). The van der Waals surface area contributed by atoms with Gasteiger partial charge >= 0.3 is 0 Å². The monoisotopic (exact) mass is 719 g/mol. The predicted molar refractivity (Wildman–Crippen MR) is 207 cm³/mol. The summed E-state index contributed by atoms with van der Waals surface area (Å²) in [5.41, 5.74) is 7.28. The molecule has 10 heteroatoms. The molecule has 0 saturated heterocycles. The van der Waals surface area contributed by atoms with Gasteiger partial charge < -0.3 is 38.1 Å². The third-order valence-corrected chi connectivity index (χ3v) is 10.1. The highest BCUT2D eigenvalue weighted by molar-refractivity contribution is 5.72. The number of hydrogen-bond acceptors (Lipinski definition) is 10. The lowest BCUT2D eigenvalue weighted by Gasteiger charge is -2.39. The van der Waals surface area contributed by atoms with Gasteiger partial charge in [0, 0.05) is 48.5 Å². The lowest BCUT2D eigenvalue weighted by molar-refractivity contribution is 0.310. The minimum atomic E-state index is 0.330. The van der Waals surface area contributed by atoms with Crippen LogP contribution in [-0.2, 0) is 13.0 Å². The summed E-state index contributed by atoms with van der Waals surface area (Å²) in [7, 11) is 11.5. The van der Waals surface area contributed by atoms with Gasteiger partial charge in [0.05, 0.1) is 55.5 Å². The molecule has 0 N–H and O–H groups in total. The van der Waals surface area contributed by atoms with E-state index < -0.39 is 0 Å². The molecule has 53 heavy (non-hydrogen) atoms. The van der Waals surface area contributed by atoms with E-state index in [9.17, 15) is 0 Å². The maximum atomic E-state index is 5.88. The average molecular weight is 720 g/mol. The average Bonchev–Trinajstić information content (AvgIpc) is 3.22. The molecule has 1 aliphatic rings. The van der Waals surface area contributed by atoms with E-state index in [0.717, 1.165) is 71.4 Å². The standard InChI is InChI=1S/C43H49N3O7/c1-47-37-11-9-8-10-36(37)46(27-30-18-34(26-45-24-30)32-21-40(50-4)43(53-7)41(22-32)51-5)35-14-12-28(13-15-35)16-29-17-33(25-44-23-29)31-19-38(48-2)42(52-6)39(20-31)49-3/h8-11,17-26,28,35H,12-16,27H2,1-7H3. The third-order valence-electron chi connectivity index (χ3n) is 10.1. The zero-order valence-corrected chi connectivity index (χ0v) is 31.7. The highest BCUT2D eigenvalue weighted by Crippen LogP contribution is 2.43. The smallest absolute Gasteiger partial charge is 0.203 e. The van der Waals surface area contributed by atoms with Crippen LogP contribution >= 0.6 is 0 Å². The summed E-state index contributed by atoms with van der Waals surface area (Å²) in [5, 5.41) is 0. The first-order valence-corrected chi connectivity index (χ1v) is 17.8. The van der Waals surface area contributed by atoms with E-state index in [1.54, 1.807) is 49.8 Å². The van der Waals surface area contributed by atoms with Gasteiger partial charge in [-0.25, -0.2) is 0 Å². The van der Waals surface area contributed by atoms with Crippen LogP contribution in [0.4, 0.5) is 5.69 Å². The molecule has 0 radical (unpaired) electrons. The van der Waals surface area contributed by atoms with Crippen molar-refractivity contribution in [1.82, 2.24) is 9.97 Å². The van der Waals surface area contributed by atoms with E-state index in [1.165, 1.54) is 5.56 Å². The van der Waals surface area contributed by atoms with E-state index in [2.05, 4.69) is 39.1 Å². The quantitative estimate of drug-likeness (QED) is 0.105. The summed E-state index contributed by atoms with van der Waals surface area (Å²) in [5.74, 6) is 4.98. The fourth-order valence-corrected chi connectivity index (χ4v) is 7.45. The van der Waals surface area contributed by atoms with Crippen molar-refractivity contribution < 1.29 is 33.2 Å². The summed E-state index contributed by atoms with van der Waals surface area (Å²) >= 11 is 0. The van der Waals surface area contributed by atoms with Crippen LogP contribution in [0.2, 0.25) is 0 Å². The van der Waals surface area contributed by atoms with Crippen molar-refractivity contribution in [2.24, 2.45) is 5.92 Å². The van der Waals surface area contributed by atoms with Crippen molar-refractivity contribution in [3.63, 3.8) is 0 Å². The van der Waals surface area contributed by atoms with E-state index in [4.69, 9.17) is 33.2 Å². The van der Waals surface area contributed by atoms with Crippen molar-refractivity contribution in [3.05, 3.63) is 96.6 Å². The van der Waals surface area contributed by atoms with E-state index in [-0.39, 0.29) is 0 Å². The van der Waals surface area contributed by atoms with Crippen LogP contribution in [0, 0.1) is 5.92 Å². The minimum Gasteiger partial charge on any atom is -0.495 e. The first-order chi connectivity index (χ1) is 25.9. The Bertz CT molecular complexity index is 1940. The molecule has 2 heterocycles. The van der Waals surface area contributed by atoms with Crippen LogP contribution in [0.25, 0.3) is 22.3 Å². The first-order valence-electron chi connectivity index (χ1n) is 17.8. The fraction of sp³-hybridized carbons (Fsp3) is 0.349. The topological polar surface area (TPSA) is 93.6 Å². The minimum absolute atomic E-state index is 0.330. The second kappa shape index (κ2) is 17.3. The number of methoxy groups -OCH3 is 7. The van der Waals surface area contributed by atoms with Gasteiger partial charge in [0.15, 0.2) is 23.0 Å². The van der Waals surface area contributed by atoms with E-state index in [1.807, 2.05) is 61.2 Å². The molecule has 0 unspecified atom stereocenters. The Hall–Kier alpha value is -5.64. The number of pyridine rings is 2. The summed E-state index contributed by atoms with van der Waals surface area (Å²) in [4.78, 5) is 11.8. The van der Waals surface area contributed by atoms with Crippen molar-refractivity contribution in [3.8, 4) is 62.5 Å². The van der Waals surface area contributed by atoms with Gasteiger partial charge in [-0.2, -0.15) is 0 Å². The lowest BCUT2D eigenvalue weighted by atomic mass is 9.81. The molecule has 5 aromatic rings. The zero-order chi connectivity index (χ0) is 37.3. The van der Waals surface area contributed by atoms with E-state index >= 15 is 0 Å². The van der Waals surface area contributed by atoms with Gasteiger partial charge in [-0.05, 0) is 109 Å². The third kappa shape index (κ3) is 8.22. The van der Waals surface area contributed by atoms with Gasteiger partial charge in [0.25, 0.3) is 0 Å². The highest BCUT2D eigenvalue weighted by atomic mass is 16.5. The Labute approximate surface area is 312 Å². The molecular formula is C43H49N3O7. The molecule has 0 aliphatic heterocycles. The van der Waals surface area contributed by atoms with Crippen molar-refractivity contribution >= 4 is 5.69 Å². The normalized spacial score (nSPS) is 15.3. The van der Waals surface area contributed by atoms with Gasteiger partial charge in [-0.15, -0.1) is 0 Å². The predicted octanol–water partition coefficient (Wildman–Crippen LogP) is 8.68. The molecule has 0 amide bonds. The molecule has 0 bridgehead atoms. The summed E-state index contributed by atoms with van der Waals surface area (Å²) in [6.07, 6.45) is 13.0. The van der Waals surface area contributed by atoms with Crippen LogP contribution in [0.3, 0.4) is 0 Å². The maximum absolute atomic E-state index is 5.88. The largest absolute Gasteiger partial charge is 0.495 e. The molecule has 278 valence electrons. The zero-order valence-electron chi connectivity index (χ0n) is 31.7. The van der Waals surface area contributed by atoms with Gasteiger partial charge in [0.1, 0.15) is 5.75 Å². The number of benzene rings is 3. The first kappa shape index (κ1) is 37.1. The van der Waals surface area contributed by atoms with Crippen LogP contribution in [0.1, 0.15) is 36.8 Å². The number of anilines is 1. The van der Waals surface area contributed by atoms with Crippen molar-refractivity contribution in [2.45, 2.75) is 44.7 Å². The molecule has 3 aromatic carbocycles. The fourth-order valence-electron chi connectivity index (χ4n) is 7.45. The number of para-hydroxylation sites is 2. The Balaban J connectivity index is 1.21. The molecule has 1 fully saturated rings. The lowest BCUT2D eigenvalue weighted by Crippen LogP contribution is -2.38. The van der Waals surface area contributed by atoms with Crippen LogP contribution < -0.4 is 38.1 Å². The van der Waals surface area contributed by atoms with E-state index in [0.29, 0.717) is 53.0 Å². The number of rotatable bonds is 15. The van der Waals surface area contributed by atoms with Crippen molar-refractivity contribution in [2.75, 3.05) is 54.7 Å². The van der Waals surface area contributed by atoms with Crippen LogP contribution in [0.5, 0.6) is 40.2 Å². The number of hydrogen-bond donors (Lipinski definition) is 0. The Kier molecular flexibility index (Phi) is 12.1. The van der Waals surface area contributed by atoms with Crippen LogP contribution in [0.15, 0.2) is 85.5 Å². The second-order valence-corrected chi connectivity index (χ2v) is 13.2. The molecule has 0 atom stereocenters. The van der Waals surface area contributed by atoms with Crippen molar-refractivity contribution in [1.29, 1.82) is 0 Å². The van der Waals surface area contributed by atoms with Gasteiger partial charge in [0.2, 0.25) is 11.5 Å². The molecular weight excluding hydrogens is 670 g/mol. The second-order valence-electron chi connectivity index (χ2n) is 13.2. The molecule has 1 aliphatic carbocycles. The van der Waals surface area contributed by atoms with Crippen LogP contribution in [-0.4, -0.2) is 65.8 Å². The molecule has 2 aromatic heterocycles. The molecule has 0 spiro atoms. The van der Waals surface area contributed by atoms with Gasteiger partial charge in [-0.1, -0.05) is 12.1 Å². The number of aromatic nitrogens is 2. The number of nitrogens with zero attached hydrogens (tertiary/aromatic N) is 3. The number of ether oxygens (including phenoxy) is 7. The summed E-state index contributed by atoms with van der Waals surface area (Å²) < 4.78 is 39.4. The Morgan fingerprint density at radius 2 is 0.981 bits per heavy atom. The Morgan fingerprint density at radius 3 is 1.47 bits per heavy atom. The summed E-state index contributed by atoms with van der Waals surface area (Å²) in [6.45, 7) is 0.682. The maximum Gasteiger partial charge on any atom is 0.203 e. The SMILES string of the molecule is COc1ccccc1N(Cc1cncc(-c2cc(OC)c(OC)c(OC)c2)c1)C1CCC(Cc2cncc(-c3cc(OC)c(OC)c(OC)c3)c2)CC1. The Morgan fingerprint density at radius 1 is 0.509 bits per heavy atom.